The van der Waals surface area contributed by atoms with Gasteiger partial charge in [0, 0.05) is 12.6 Å². The van der Waals surface area contributed by atoms with Gasteiger partial charge in [-0.05, 0) is 62.8 Å². The molecule has 0 radical (unpaired) electrons. The highest BCUT2D eigenvalue weighted by molar-refractivity contribution is 4.90. The van der Waals surface area contributed by atoms with Gasteiger partial charge < -0.3 is 10.0 Å². The zero-order valence-corrected chi connectivity index (χ0v) is 13.4. The minimum absolute atomic E-state index is 0.116. The Morgan fingerprint density at radius 2 is 1.74 bits per heavy atom. The van der Waals surface area contributed by atoms with E-state index in [4.69, 9.17) is 0 Å². The molecule has 2 aliphatic rings. The topological polar surface area (TPSA) is 23.5 Å². The fourth-order valence-corrected chi connectivity index (χ4v) is 4.16. The van der Waals surface area contributed by atoms with Gasteiger partial charge in [-0.2, -0.15) is 0 Å². The molecular formula is C17H33NO. The van der Waals surface area contributed by atoms with E-state index in [9.17, 15) is 5.11 Å². The van der Waals surface area contributed by atoms with Crippen LogP contribution in [0.5, 0.6) is 0 Å². The van der Waals surface area contributed by atoms with Crippen molar-refractivity contribution < 1.29 is 5.11 Å². The van der Waals surface area contributed by atoms with E-state index in [1.807, 2.05) is 0 Å². The quantitative estimate of drug-likeness (QED) is 0.843. The summed E-state index contributed by atoms with van der Waals surface area (Å²) in [5.74, 6) is 1.40. The van der Waals surface area contributed by atoms with E-state index in [1.54, 1.807) is 0 Å². The maximum absolute atomic E-state index is 10.6. The molecule has 0 aliphatic heterocycles. The van der Waals surface area contributed by atoms with Gasteiger partial charge in [0.2, 0.25) is 0 Å². The standard InChI is InChI=1S/C17H33NO/c1-13-7-9-15(10-8-13)18(4)12-14-6-5-11-17(2,3)16(14)19/h13-16,19H,5-12H2,1-4H3. The molecule has 2 nitrogen and oxygen atoms in total. The number of hydrogen-bond donors (Lipinski definition) is 1. The lowest BCUT2D eigenvalue weighted by atomic mass is 9.69. The van der Waals surface area contributed by atoms with Crippen LogP contribution in [0.2, 0.25) is 0 Å². The van der Waals surface area contributed by atoms with Crippen molar-refractivity contribution in [3.63, 3.8) is 0 Å². The van der Waals surface area contributed by atoms with Crippen LogP contribution in [0.4, 0.5) is 0 Å². The van der Waals surface area contributed by atoms with E-state index in [0.717, 1.165) is 18.5 Å². The SMILES string of the molecule is CC1CCC(N(C)CC2CCCC(C)(C)C2O)CC1. The molecule has 2 saturated carbocycles. The van der Waals surface area contributed by atoms with Gasteiger partial charge in [0.1, 0.15) is 0 Å². The van der Waals surface area contributed by atoms with Gasteiger partial charge in [0.05, 0.1) is 6.10 Å². The van der Waals surface area contributed by atoms with Crippen LogP contribution < -0.4 is 0 Å². The predicted molar refractivity (Wildman–Crippen MR) is 81.2 cm³/mol. The first kappa shape index (κ1) is 15.3. The molecule has 2 rings (SSSR count). The number of rotatable bonds is 3. The van der Waals surface area contributed by atoms with Gasteiger partial charge in [-0.1, -0.05) is 27.2 Å². The maximum Gasteiger partial charge on any atom is 0.0631 e. The van der Waals surface area contributed by atoms with Gasteiger partial charge >= 0.3 is 0 Å². The summed E-state index contributed by atoms with van der Waals surface area (Å²) >= 11 is 0. The van der Waals surface area contributed by atoms with Crippen LogP contribution >= 0.6 is 0 Å². The molecule has 0 aromatic carbocycles. The van der Waals surface area contributed by atoms with E-state index in [0.29, 0.717) is 5.92 Å². The lowest BCUT2D eigenvalue weighted by Gasteiger charge is -2.44. The van der Waals surface area contributed by atoms with Crippen molar-refractivity contribution in [3.05, 3.63) is 0 Å². The third-order valence-corrected chi connectivity index (χ3v) is 5.77. The second kappa shape index (κ2) is 6.13. The maximum atomic E-state index is 10.6. The summed E-state index contributed by atoms with van der Waals surface area (Å²) in [7, 11) is 2.27. The highest BCUT2D eigenvalue weighted by atomic mass is 16.3. The van der Waals surface area contributed by atoms with Crippen molar-refractivity contribution in [1.82, 2.24) is 4.90 Å². The molecule has 0 saturated heterocycles. The first-order valence-corrected chi connectivity index (χ1v) is 8.28. The molecule has 112 valence electrons. The lowest BCUT2D eigenvalue weighted by molar-refractivity contribution is -0.0457. The van der Waals surface area contributed by atoms with Crippen molar-refractivity contribution in [2.45, 2.75) is 77.9 Å². The Balaban J connectivity index is 1.86. The van der Waals surface area contributed by atoms with Crippen LogP contribution in [-0.4, -0.2) is 35.7 Å². The summed E-state index contributed by atoms with van der Waals surface area (Å²) in [4.78, 5) is 2.54. The average molecular weight is 267 g/mol. The van der Waals surface area contributed by atoms with E-state index in [1.165, 1.54) is 44.9 Å². The van der Waals surface area contributed by atoms with Crippen molar-refractivity contribution in [2.75, 3.05) is 13.6 Å². The Hall–Kier alpha value is -0.0800. The van der Waals surface area contributed by atoms with Crippen molar-refractivity contribution in [3.8, 4) is 0 Å². The fourth-order valence-electron chi connectivity index (χ4n) is 4.16. The molecule has 2 aliphatic carbocycles. The third-order valence-electron chi connectivity index (χ3n) is 5.77. The molecule has 19 heavy (non-hydrogen) atoms. The van der Waals surface area contributed by atoms with Crippen molar-refractivity contribution >= 4 is 0 Å². The van der Waals surface area contributed by atoms with Crippen LogP contribution in [0, 0.1) is 17.3 Å². The summed E-state index contributed by atoms with van der Waals surface area (Å²) in [6.07, 6.45) is 9.01. The molecule has 0 aromatic heterocycles. The molecule has 2 fully saturated rings. The molecule has 0 heterocycles. The minimum Gasteiger partial charge on any atom is -0.392 e. The van der Waals surface area contributed by atoms with E-state index in [-0.39, 0.29) is 11.5 Å². The zero-order valence-electron chi connectivity index (χ0n) is 13.4. The third kappa shape index (κ3) is 3.72. The number of aliphatic hydroxyl groups is 1. The first-order valence-electron chi connectivity index (χ1n) is 8.28. The highest BCUT2D eigenvalue weighted by Crippen LogP contribution is 2.39. The van der Waals surface area contributed by atoms with Crippen molar-refractivity contribution in [2.24, 2.45) is 17.3 Å². The van der Waals surface area contributed by atoms with E-state index >= 15 is 0 Å². The summed E-state index contributed by atoms with van der Waals surface area (Å²) < 4.78 is 0. The van der Waals surface area contributed by atoms with E-state index in [2.05, 4.69) is 32.7 Å². The van der Waals surface area contributed by atoms with Crippen LogP contribution in [0.3, 0.4) is 0 Å². The van der Waals surface area contributed by atoms with Gasteiger partial charge in [-0.3, -0.25) is 0 Å². The van der Waals surface area contributed by atoms with Crippen molar-refractivity contribution in [1.29, 1.82) is 0 Å². The molecule has 1 N–H and O–H groups in total. The zero-order chi connectivity index (χ0) is 14.0. The van der Waals surface area contributed by atoms with E-state index < -0.39 is 0 Å². The molecule has 2 atom stereocenters. The number of nitrogens with zero attached hydrogens (tertiary/aromatic N) is 1. The van der Waals surface area contributed by atoms with Crippen LogP contribution in [0.15, 0.2) is 0 Å². The molecule has 2 unspecified atom stereocenters. The van der Waals surface area contributed by atoms with Crippen LogP contribution in [0.25, 0.3) is 0 Å². The van der Waals surface area contributed by atoms with Gasteiger partial charge in [0.15, 0.2) is 0 Å². The summed E-state index contributed by atoms with van der Waals surface area (Å²) in [6.45, 7) is 7.92. The first-order chi connectivity index (χ1) is 8.90. The predicted octanol–water partition coefficient (Wildman–Crippen LogP) is 3.68. The summed E-state index contributed by atoms with van der Waals surface area (Å²) in [5.41, 5.74) is 0.116. The Labute approximate surface area is 119 Å². The number of aliphatic hydroxyl groups excluding tert-OH is 1. The molecule has 2 heteroatoms. The summed E-state index contributed by atoms with van der Waals surface area (Å²) in [6, 6.07) is 0.758. The smallest absolute Gasteiger partial charge is 0.0631 e. The fraction of sp³-hybridized carbons (Fsp3) is 1.00. The molecule has 0 spiro atoms. The second-order valence-electron chi connectivity index (χ2n) is 7.94. The second-order valence-corrected chi connectivity index (χ2v) is 7.94. The normalized spacial score (nSPS) is 39.5. The van der Waals surface area contributed by atoms with Gasteiger partial charge in [-0.15, -0.1) is 0 Å². The highest BCUT2D eigenvalue weighted by Gasteiger charge is 2.38. The monoisotopic (exact) mass is 267 g/mol. The van der Waals surface area contributed by atoms with Gasteiger partial charge in [0.25, 0.3) is 0 Å². The average Bonchev–Trinajstić information content (AvgIpc) is 2.35. The largest absolute Gasteiger partial charge is 0.392 e. The minimum atomic E-state index is -0.119. The Bertz CT molecular complexity index is 281. The Morgan fingerprint density at radius 3 is 2.37 bits per heavy atom. The lowest BCUT2D eigenvalue weighted by Crippen LogP contribution is -2.46. The molecular weight excluding hydrogens is 234 g/mol. The summed E-state index contributed by atoms with van der Waals surface area (Å²) in [5, 5.41) is 10.6. The Kier molecular flexibility index (Phi) is 4.94. The molecule has 0 amide bonds. The number of hydrogen-bond acceptors (Lipinski definition) is 2. The Morgan fingerprint density at radius 1 is 1.11 bits per heavy atom. The molecule has 0 aromatic rings. The van der Waals surface area contributed by atoms with Crippen LogP contribution in [0.1, 0.15) is 65.7 Å². The van der Waals surface area contributed by atoms with Crippen LogP contribution in [-0.2, 0) is 0 Å². The van der Waals surface area contributed by atoms with Gasteiger partial charge in [-0.25, -0.2) is 0 Å². The molecule has 0 bridgehead atoms.